The molecule has 1 unspecified atom stereocenters. The van der Waals surface area contributed by atoms with Crippen molar-refractivity contribution in [2.45, 2.75) is 67.8 Å². The Balaban J connectivity index is 2.13. The maximum atomic E-state index is 12.7. The van der Waals surface area contributed by atoms with Gasteiger partial charge in [0.25, 0.3) is 0 Å². The molecule has 0 amide bonds. The fourth-order valence-corrected chi connectivity index (χ4v) is 3.47. The van der Waals surface area contributed by atoms with E-state index in [9.17, 15) is 14.6 Å². The molecule has 21 heavy (non-hydrogen) atoms. The first-order valence-corrected chi connectivity index (χ1v) is 7.46. The second-order valence-electron chi connectivity index (χ2n) is 6.32. The van der Waals surface area contributed by atoms with Crippen LogP contribution in [0.1, 0.15) is 19.3 Å². The van der Waals surface area contributed by atoms with Crippen LogP contribution in [0.5, 0.6) is 0 Å². The van der Waals surface area contributed by atoms with Crippen molar-refractivity contribution in [1.82, 2.24) is 0 Å². The fraction of sp³-hybridized carbons (Fsp3) is 1.00. The molecule has 2 rings (SSSR count). The number of nitrogens with two attached hydrogens (primary N) is 4. The van der Waals surface area contributed by atoms with Crippen LogP contribution in [0, 0.1) is 5.92 Å². The van der Waals surface area contributed by atoms with Crippen molar-refractivity contribution >= 4 is 0 Å². The van der Waals surface area contributed by atoms with Gasteiger partial charge in [-0.1, -0.05) is 0 Å². The third kappa shape index (κ3) is 3.37. The largest absolute Gasteiger partial charge is 0.390 e. The highest BCUT2D eigenvalue weighted by Crippen LogP contribution is 2.33. The van der Waals surface area contributed by atoms with Crippen LogP contribution in [0.25, 0.3) is 0 Å². The second-order valence-corrected chi connectivity index (χ2v) is 6.32. The van der Waals surface area contributed by atoms with Gasteiger partial charge in [0, 0.05) is 24.0 Å². The summed E-state index contributed by atoms with van der Waals surface area (Å²) in [6, 6.07) is -2.06. The van der Waals surface area contributed by atoms with Gasteiger partial charge in [0.1, 0.15) is 6.67 Å². The molecular weight excluding hydrogens is 279 g/mol. The normalized spacial score (nSPS) is 49.9. The molecule has 1 aliphatic carbocycles. The number of hydrogen-bond acceptors (Lipinski definition) is 7. The van der Waals surface area contributed by atoms with Gasteiger partial charge >= 0.3 is 0 Å². The minimum absolute atomic E-state index is 0.333. The minimum atomic E-state index is -1.11. The Morgan fingerprint density at radius 2 is 1.71 bits per heavy atom. The van der Waals surface area contributed by atoms with Gasteiger partial charge in [-0.05, 0) is 19.3 Å². The lowest BCUT2D eigenvalue weighted by molar-refractivity contribution is -0.157. The summed E-state index contributed by atoms with van der Waals surface area (Å²) in [4.78, 5) is 0. The lowest BCUT2D eigenvalue weighted by atomic mass is 9.72. The molecule has 1 saturated carbocycles. The Hall–Kier alpha value is -0.350. The molecule has 0 spiro atoms. The zero-order valence-corrected chi connectivity index (χ0v) is 12.0. The molecule has 9 atom stereocenters. The fourth-order valence-electron chi connectivity index (χ4n) is 3.47. The molecule has 10 N–H and O–H groups in total. The minimum Gasteiger partial charge on any atom is -0.390 e. The van der Waals surface area contributed by atoms with Gasteiger partial charge in [0.05, 0.1) is 30.5 Å². The Kier molecular flexibility index (Phi) is 5.53. The molecular formula is C13H27FN4O3. The topological polar surface area (TPSA) is 154 Å². The summed E-state index contributed by atoms with van der Waals surface area (Å²) in [7, 11) is 0. The number of ether oxygens (including phenoxy) is 1. The van der Waals surface area contributed by atoms with Crippen LogP contribution in [0.15, 0.2) is 0 Å². The van der Waals surface area contributed by atoms with E-state index in [4.69, 9.17) is 27.7 Å². The van der Waals surface area contributed by atoms with Crippen LogP contribution >= 0.6 is 0 Å². The highest BCUT2D eigenvalue weighted by atomic mass is 19.1. The van der Waals surface area contributed by atoms with Crippen LogP contribution < -0.4 is 22.9 Å². The van der Waals surface area contributed by atoms with Crippen molar-refractivity contribution < 1.29 is 19.3 Å². The summed E-state index contributed by atoms with van der Waals surface area (Å²) in [5.74, 6) is -0.538. The number of rotatable bonds is 3. The smallest absolute Gasteiger partial charge is 0.107 e. The van der Waals surface area contributed by atoms with Crippen LogP contribution in [0.2, 0.25) is 0 Å². The highest BCUT2D eigenvalue weighted by Gasteiger charge is 2.48. The van der Waals surface area contributed by atoms with Crippen LogP contribution in [-0.2, 0) is 4.74 Å². The molecule has 124 valence electrons. The van der Waals surface area contributed by atoms with E-state index >= 15 is 0 Å². The monoisotopic (exact) mass is 306 g/mol. The molecule has 0 aromatic carbocycles. The zero-order valence-electron chi connectivity index (χ0n) is 12.0. The number of aliphatic hydroxyl groups is 2. The van der Waals surface area contributed by atoms with Crippen LogP contribution in [0.3, 0.4) is 0 Å². The number of aliphatic hydroxyl groups excluding tert-OH is 2. The first-order chi connectivity index (χ1) is 9.86. The molecule has 0 aromatic heterocycles. The molecule has 0 aromatic rings. The van der Waals surface area contributed by atoms with E-state index in [1.807, 2.05) is 0 Å². The van der Waals surface area contributed by atoms with E-state index in [-0.39, 0.29) is 6.04 Å². The highest BCUT2D eigenvalue weighted by molar-refractivity contribution is 5.03. The van der Waals surface area contributed by atoms with Crippen molar-refractivity contribution in [3.05, 3.63) is 0 Å². The summed E-state index contributed by atoms with van der Waals surface area (Å²) in [6.45, 7) is -0.681. The third-order valence-corrected chi connectivity index (χ3v) is 4.80. The summed E-state index contributed by atoms with van der Waals surface area (Å²) < 4.78 is 18.6. The maximum Gasteiger partial charge on any atom is 0.107 e. The van der Waals surface area contributed by atoms with E-state index in [2.05, 4.69) is 0 Å². The first-order valence-electron chi connectivity index (χ1n) is 7.46. The average Bonchev–Trinajstić information content (AvgIpc) is 2.46. The van der Waals surface area contributed by atoms with E-state index in [1.165, 1.54) is 0 Å². The second kappa shape index (κ2) is 6.82. The molecule has 0 bridgehead atoms. The Labute approximate surface area is 123 Å². The lowest BCUT2D eigenvalue weighted by Gasteiger charge is -2.48. The van der Waals surface area contributed by atoms with E-state index < -0.39 is 55.1 Å². The zero-order chi connectivity index (χ0) is 15.7. The molecule has 1 saturated heterocycles. The Bertz CT molecular complexity index is 351. The summed E-state index contributed by atoms with van der Waals surface area (Å²) >= 11 is 0. The average molecular weight is 306 g/mol. The Morgan fingerprint density at radius 3 is 2.33 bits per heavy atom. The number of halogens is 1. The summed E-state index contributed by atoms with van der Waals surface area (Å²) in [6.07, 6.45) is -1.64. The molecule has 2 fully saturated rings. The first kappa shape index (κ1) is 17.0. The third-order valence-electron chi connectivity index (χ3n) is 4.80. The van der Waals surface area contributed by atoms with Crippen molar-refractivity contribution in [3.63, 3.8) is 0 Å². The molecule has 1 aliphatic heterocycles. The quantitative estimate of drug-likeness (QED) is 0.338. The van der Waals surface area contributed by atoms with Crippen LogP contribution in [0.4, 0.5) is 4.39 Å². The van der Waals surface area contributed by atoms with Gasteiger partial charge in [-0.2, -0.15) is 0 Å². The number of hydrogen-bond donors (Lipinski definition) is 6. The molecule has 0 radical (unpaired) electrons. The van der Waals surface area contributed by atoms with E-state index in [1.54, 1.807) is 0 Å². The SMILES string of the molecule is N[C@@H]1CC[C@@H]([C@H](N)CF)OC1[C@H]1[C@H](O)[C@@H](O)[C@H](N)C[C@@H]1N. The number of alkyl halides is 1. The maximum absolute atomic E-state index is 12.7. The summed E-state index contributed by atoms with van der Waals surface area (Å²) in [5, 5.41) is 20.2. The predicted octanol–water partition coefficient (Wildman–Crippen LogP) is -2.45. The van der Waals surface area contributed by atoms with Crippen molar-refractivity contribution in [2.24, 2.45) is 28.9 Å². The van der Waals surface area contributed by atoms with Crippen molar-refractivity contribution in [2.75, 3.05) is 6.67 Å². The van der Waals surface area contributed by atoms with Gasteiger partial charge in [0.15, 0.2) is 0 Å². The van der Waals surface area contributed by atoms with Crippen molar-refractivity contribution in [3.8, 4) is 0 Å². The standard InChI is InChI=1S/C13H27FN4O3/c14-4-8(18)9-2-1-5(15)13(21-9)10-6(16)3-7(17)11(19)12(10)20/h5-13,19-20H,1-4,15-18H2/t5-,6+,7-,8-,9+,10-,11+,12+,13?/m1/s1. The van der Waals surface area contributed by atoms with Gasteiger partial charge in [-0.3, -0.25) is 0 Å². The van der Waals surface area contributed by atoms with Crippen molar-refractivity contribution in [1.29, 1.82) is 0 Å². The van der Waals surface area contributed by atoms with Crippen LogP contribution in [-0.4, -0.2) is 65.5 Å². The molecule has 8 heteroatoms. The van der Waals surface area contributed by atoms with Gasteiger partial charge < -0.3 is 37.9 Å². The van der Waals surface area contributed by atoms with E-state index in [0.29, 0.717) is 19.3 Å². The van der Waals surface area contributed by atoms with Gasteiger partial charge in [-0.15, -0.1) is 0 Å². The molecule has 7 nitrogen and oxygen atoms in total. The van der Waals surface area contributed by atoms with Gasteiger partial charge in [0.2, 0.25) is 0 Å². The Morgan fingerprint density at radius 1 is 1.05 bits per heavy atom. The molecule has 1 heterocycles. The van der Waals surface area contributed by atoms with E-state index in [0.717, 1.165) is 0 Å². The molecule has 2 aliphatic rings. The predicted molar refractivity (Wildman–Crippen MR) is 75.9 cm³/mol. The summed E-state index contributed by atoms with van der Waals surface area (Å²) in [5.41, 5.74) is 23.6. The lowest BCUT2D eigenvalue weighted by Crippen LogP contribution is -2.65. The van der Waals surface area contributed by atoms with Gasteiger partial charge in [-0.25, -0.2) is 4.39 Å².